The first-order chi connectivity index (χ1) is 20.7. The Morgan fingerprint density at radius 1 is 0.818 bits per heavy atom. The van der Waals surface area contributed by atoms with Gasteiger partial charge in [0, 0.05) is 11.4 Å². The normalized spacial score (nSPS) is 11.9. The van der Waals surface area contributed by atoms with Crippen LogP contribution in [0.3, 0.4) is 0 Å². The van der Waals surface area contributed by atoms with E-state index < -0.39 is 50.1 Å². The zero-order valence-electron chi connectivity index (χ0n) is 22.9. The summed E-state index contributed by atoms with van der Waals surface area (Å²) in [5.41, 5.74) is -1.22. The van der Waals surface area contributed by atoms with Crippen molar-refractivity contribution >= 4 is 43.0 Å². The molecule has 0 aliphatic carbocycles. The molecule has 0 heterocycles. The molecule has 4 aromatic carbocycles. The number of alkyl halides is 3. The topological polar surface area (TPSA) is 122 Å². The van der Waals surface area contributed by atoms with Gasteiger partial charge in [-0.25, -0.2) is 21.2 Å². The van der Waals surface area contributed by atoms with Crippen LogP contribution in [0.1, 0.15) is 12.5 Å². The summed E-state index contributed by atoms with van der Waals surface area (Å²) >= 11 is 0. The number of halogens is 4. The molecule has 0 radical (unpaired) electrons. The van der Waals surface area contributed by atoms with E-state index in [1.807, 2.05) is 0 Å². The quantitative estimate of drug-likeness (QED) is 0.196. The molecule has 15 heteroatoms. The monoisotopic (exact) mass is 651 g/mol. The van der Waals surface area contributed by atoms with Crippen molar-refractivity contribution in [3.63, 3.8) is 0 Å². The fourth-order valence-corrected chi connectivity index (χ4v) is 6.42. The molecule has 0 spiro atoms. The number of carbonyl (C=O) groups excluding carboxylic acids is 1. The molecule has 0 saturated heterocycles. The predicted octanol–water partition coefficient (Wildman–Crippen LogP) is 5.88. The summed E-state index contributed by atoms with van der Waals surface area (Å²) in [5, 5.41) is 2.48. The summed E-state index contributed by atoms with van der Waals surface area (Å²) in [5.74, 6) is -0.983. The highest BCUT2D eigenvalue weighted by Crippen LogP contribution is 2.31. The number of nitrogens with zero attached hydrogens (tertiary/aromatic N) is 1. The second-order valence-electron chi connectivity index (χ2n) is 9.15. The minimum absolute atomic E-state index is 0.0116. The third kappa shape index (κ3) is 7.85. The lowest BCUT2D eigenvalue weighted by atomic mass is 10.2. The maximum Gasteiger partial charge on any atom is 0.416 e. The lowest BCUT2D eigenvalue weighted by Gasteiger charge is -2.24. The van der Waals surface area contributed by atoms with Gasteiger partial charge in [-0.2, -0.15) is 13.2 Å². The maximum absolute atomic E-state index is 13.6. The van der Waals surface area contributed by atoms with Crippen molar-refractivity contribution in [2.75, 3.05) is 27.5 Å². The number of sulfonamides is 2. The van der Waals surface area contributed by atoms with Gasteiger partial charge >= 0.3 is 6.18 Å². The minimum atomic E-state index is -4.67. The zero-order valence-corrected chi connectivity index (χ0v) is 24.5. The molecule has 4 aromatic rings. The number of carbonyl (C=O) groups is 1. The Morgan fingerprint density at radius 2 is 1.43 bits per heavy atom. The molecule has 0 aliphatic rings. The van der Waals surface area contributed by atoms with E-state index in [1.54, 1.807) is 6.92 Å². The summed E-state index contributed by atoms with van der Waals surface area (Å²) < 4.78 is 113. The van der Waals surface area contributed by atoms with E-state index in [2.05, 4.69) is 10.0 Å². The van der Waals surface area contributed by atoms with Crippen molar-refractivity contribution in [3.05, 3.63) is 108 Å². The Morgan fingerprint density at radius 3 is 2.02 bits per heavy atom. The van der Waals surface area contributed by atoms with E-state index >= 15 is 0 Å². The predicted molar refractivity (Wildman–Crippen MR) is 156 cm³/mol. The molecular weight excluding hydrogens is 626 g/mol. The summed E-state index contributed by atoms with van der Waals surface area (Å²) in [6.07, 6.45) is -4.67. The van der Waals surface area contributed by atoms with Gasteiger partial charge in [0.15, 0.2) is 0 Å². The summed E-state index contributed by atoms with van der Waals surface area (Å²) in [6.45, 7) is 1.41. The number of amides is 1. The first kappa shape index (κ1) is 32.3. The third-order valence-corrected chi connectivity index (χ3v) is 9.20. The van der Waals surface area contributed by atoms with Crippen LogP contribution in [-0.4, -0.2) is 35.9 Å². The van der Waals surface area contributed by atoms with Crippen LogP contribution in [0, 0.1) is 5.82 Å². The molecule has 0 fully saturated rings. The van der Waals surface area contributed by atoms with Crippen molar-refractivity contribution in [1.29, 1.82) is 0 Å². The van der Waals surface area contributed by atoms with Crippen molar-refractivity contribution in [1.82, 2.24) is 0 Å². The zero-order chi connectivity index (χ0) is 32.1. The van der Waals surface area contributed by atoms with Gasteiger partial charge in [-0.05, 0) is 97.9 Å². The largest absolute Gasteiger partial charge is 0.494 e. The number of ether oxygens (including phenoxy) is 1. The second kappa shape index (κ2) is 12.9. The average Bonchev–Trinajstić information content (AvgIpc) is 2.97. The lowest BCUT2D eigenvalue weighted by molar-refractivity contribution is -0.137. The number of benzene rings is 4. The summed E-state index contributed by atoms with van der Waals surface area (Å²) in [7, 11) is -8.61. The van der Waals surface area contributed by atoms with Gasteiger partial charge in [0.25, 0.3) is 20.0 Å². The number of nitrogens with one attached hydrogen (secondary N) is 2. The molecule has 0 unspecified atom stereocenters. The van der Waals surface area contributed by atoms with E-state index in [-0.39, 0.29) is 26.9 Å². The number of hydrogen-bond acceptors (Lipinski definition) is 6. The van der Waals surface area contributed by atoms with Crippen LogP contribution >= 0.6 is 0 Å². The van der Waals surface area contributed by atoms with E-state index in [4.69, 9.17) is 4.74 Å². The van der Waals surface area contributed by atoms with Crippen LogP contribution < -0.4 is 19.1 Å². The van der Waals surface area contributed by atoms with Crippen molar-refractivity contribution in [2.45, 2.75) is 22.9 Å². The fraction of sp³-hybridized carbons (Fsp3) is 0.138. The number of hydrogen-bond donors (Lipinski definition) is 2. The van der Waals surface area contributed by atoms with E-state index in [1.165, 1.54) is 48.5 Å². The van der Waals surface area contributed by atoms with Gasteiger partial charge in [0.05, 0.1) is 27.6 Å². The maximum atomic E-state index is 13.6. The Bertz CT molecular complexity index is 1830. The van der Waals surface area contributed by atoms with E-state index in [0.29, 0.717) is 18.4 Å². The van der Waals surface area contributed by atoms with Crippen LogP contribution in [0.15, 0.2) is 107 Å². The minimum Gasteiger partial charge on any atom is -0.494 e. The molecule has 1 amide bonds. The molecule has 0 bridgehead atoms. The first-order valence-electron chi connectivity index (χ1n) is 12.8. The van der Waals surface area contributed by atoms with E-state index in [9.17, 15) is 39.2 Å². The number of anilines is 3. The van der Waals surface area contributed by atoms with Crippen molar-refractivity contribution in [2.24, 2.45) is 0 Å². The van der Waals surface area contributed by atoms with Crippen LogP contribution in [0.2, 0.25) is 0 Å². The first-order valence-corrected chi connectivity index (χ1v) is 15.7. The van der Waals surface area contributed by atoms with Gasteiger partial charge < -0.3 is 10.1 Å². The SMILES string of the molecule is CCOc1ccc(S(=O)(=O)N(CC(=O)Nc2ccc(S(=O)(=O)Nc3cccc(C(F)(F)F)c3)cc2)c2ccc(F)cc2)cc1. The van der Waals surface area contributed by atoms with Gasteiger partial charge in [-0.3, -0.25) is 13.8 Å². The average molecular weight is 652 g/mol. The van der Waals surface area contributed by atoms with Crippen molar-refractivity contribution < 1.29 is 43.9 Å². The van der Waals surface area contributed by atoms with Crippen molar-refractivity contribution in [3.8, 4) is 5.75 Å². The molecule has 0 aromatic heterocycles. The van der Waals surface area contributed by atoms with Crippen LogP contribution in [-0.2, 0) is 31.0 Å². The van der Waals surface area contributed by atoms with Gasteiger partial charge in [-0.15, -0.1) is 0 Å². The van der Waals surface area contributed by atoms with Crippen LogP contribution in [0.4, 0.5) is 34.6 Å². The summed E-state index contributed by atoms with van der Waals surface area (Å²) in [4.78, 5) is 12.5. The highest BCUT2D eigenvalue weighted by Gasteiger charge is 2.31. The Kier molecular flexibility index (Phi) is 9.49. The smallest absolute Gasteiger partial charge is 0.416 e. The van der Waals surface area contributed by atoms with Gasteiger partial charge in [-0.1, -0.05) is 6.07 Å². The highest BCUT2D eigenvalue weighted by atomic mass is 32.2. The molecule has 0 aliphatic heterocycles. The molecular formula is C29H25F4N3O6S2. The lowest BCUT2D eigenvalue weighted by Crippen LogP contribution is -2.38. The molecule has 0 atom stereocenters. The van der Waals surface area contributed by atoms with Gasteiger partial charge in [0.1, 0.15) is 18.1 Å². The highest BCUT2D eigenvalue weighted by molar-refractivity contribution is 7.93. The summed E-state index contributed by atoms with van der Waals surface area (Å²) in [6, 6.07) is 18.4. The molecule has 232 valence electrons. The van der Waals surface area contributed by atoms with E-state index in [0.717, 1.165) is 46.8 Å². The number of rotatable bonds is 11. The Balaban J connectivity index is 1.51. The van der Waals surface area contributed by atoms with Gasteiger partial charge in [0.2, 0.25) is 5.91 Å². The molecule has 4 rings (SSSR count). The van der Waals surface area contributed by atoms with Crippen LogP contribution in [0.25, 0.3) is 0 Å². The molecule has 0 saturated carbocycles. The molecule has 2 N–H and O–H groups in total. The molecule has 9 nitrogen and oxygen atoms in total. The fourth-order valence-electron chi connectivity index (χ4n) is 3.95. The Labute approximate surface area is 251 Å². The third-order valence-electron chi connectivity index (χ3n) is 6.02. The Hall–Kier alpha value is -4.63. The molecule has 44 heavy (non-hydrogen) atoms. The standard InChI is InChI=1S/C29H25F4N3O6S2/c1-2-42-25-12-16-27(17-13-25)44(40,41)36(24-10-6-21(30)7-11-24)19-28(37)34-22-8-14-26(15-9-22)43(38,39)35-23-5-3-4-20(18-23)29(31,32)33/h3-18,35H,2,19H2,1H3,(H,34,37). The van der Waals surface area contributed by atoms with Crippen LogP contribution in [0.5, 0.6) is 5.75 Å². The second-order valence-corrected chi connectivity index (χ2v) is 12.7.